The molecule has 0 heterocycles. The summed E-state index contributed by atoms with van der Waals surface area (Å²) in [4.78, 5) is 12.3. The number of rotatable bonds is 4. The maximum atomic E-state index is 12.3. The highest BCUT2D eigenvalue weighted by molar-refractivity contribution is 6.32. The summed E-state index contributed by atoms with van der Waals surface area (Å²) in [6, 6.07) is 13.0. The first kappa shape index (κ1) is 15.4. The van der Waals surface area contributed by atoms with Crippen molar-refractivity contribution < 1.29 is 9.53 Å². The molecule has 1 N–H and O–H groups in total. The highest BCUT2D eigenvalue weighted by atomic mass is 35.5. The van der Waals surface area contributed by atoms with Gasteiger partial charge >= 0.3 is 0 Å². The molecule has 3 nitrogen and oxygen atoms in total. The van der Waals surface area contributed by atoms with Crippen LogP contribution in [0.2, 0.25) is 0 Å². The number of amides is 1. The van der Waals surface area contributed by atoms with Crippen LogP contribution in [0.5, 0.6) is 5.75 Å². The molecule has 1 amide bonds. The number of anilines is 1. The van der Waals surface area contributed by atoms with Crippen molar-refractivity contribution >= 4 is 23.2 Å². The van der Waals surface area contributed by atoms with E-state index in [1.807, 2.05) is 56.3 Å². The standard InChI is InChI=1S/C17H18ClNO2/c1-11-9-10-14(12(2)16(11)21-3)19-17(20)15(18)13-7-5-4-6-8-13/h4-10,15H,1-3H3,(H,19,20). The lowest BCUT2D eigenvalue weighted by Crippen LogP contribution is -2.18. The van der Waals surface area contributed by atoms with E-state index in [1.54, 1.807) is 7.11 Å². The molecule has 1 atom stereocenters. The summed E-state index contributed by atoms with van der Waals surface area (Å²) in [5, 5.41) is 2.14. The molecule has 21 heavy (non-hydrogen) atoms. The number of hydrogen-bond acceptors (Lipinski definition) is 2. The van der Waals surface area contributed by atoms with E-state index in [0.717, 1.165) is 22.4 Å². The molecule has 2 aromatic carbocycles. The monoisotopic (exact) mass is 303 g/mol. The van der Waals surface area contributed by atoms with Gasteiger partial charge in [0.25, 0.3) is 0 Å². The zero-order chi connectivity index (χ0) is 15.4. The predicted molar refractivity (Wildman–Crippen MR) is 86.1 cm³/mol. The molecule has 0 spiro atoms. The molecule has 0 aliphatic carbocycles. The molecule has 1 unspecified atom stereocenters. The van der Waals surface area contributed by atoms with Gasteiger partial charge in [-0.05, 0) is 31.0 Å². The first-order chi connectivity index (χ1) is 10.0. The number of halogens is 1. The summed E-state index contributed by atoms with van der Waals surface area (Å²) in [7, 11) is 1.62. The number of hydrogen-bond donors (Lipinski definition) is 1. The topological polar surface area (TPSA) is 38.3 Å². The van der Waals surface area contributed by atoms with Gasteiger partial charge in [-0.1, -0.05) is 36.4 Å². The van der Waals surface area contributed by atoms with Crippen molar-refractivity contribution in [2.45, 2.75) is 19.2 Å². The highest BCUT2D eigenvalue weighted by Crippen LogP contribution is 2.30. The van der Waals surface area contributed by atoms with E-state index in [0.29, 0.717) is 5.69 Å². The van der Waals surface area contributed by atoms with Crippen molar-refractivity contribution in [3.8, 4) is 5.75 Å². The number of nitrogens with one attached hydrogen (secondary N) is 1. The third-order valence-corrected chi connectivity index (χ3v) is 3.84. The fourth-order valence-corrected chi connectivity index (χ4v) is 2.45. The SMILES string of the molecule is COc1c(C)ccc(NC(=O)C(Cl)c2ccccc2)c1C. The first-order valence-electron chi connectivity index (χ1n) is 6.68. The Morgan fingerprint density at radius 3 is 2.43 bits per heavy atom. The van der Waals surface area contributed by atoms with Crippen molar-refractivity contribution in [1.29, 1.82) is 0 Å². The Hall–Kier alpha value is -2.00. The van der Waals surface area contributed by atoms with Gasteiger partial charge in [-0.25, -0.2) is 0 Å². The summed E-state index contributed by atoms with van der Waals surface area (Å²) in [5.41, 5.74) is 3.40. The molecule has 0 bridgehead atoms. The second kappa shape index (κ2) is 6.64. The van der Waals surface area contributed by atoms with Crippen molar-refractivity contribution in [3.05, 3.63) is 59.2 Å². The molecule has 0 saturated heterocycles. The average Bonchev–Trinajstić information content (AvgIpc) is 2.50. The average molecular weight is 304 g/mol. The summed E-state index contributed by atoms with van der Waals surface area (Å²) >= 11 is 6.22. The van der Waals surface area contributed by atoms with E-state index >= 15 is 0 Å². The summed E-state index contributed by atoms with van der Waals surface area (Å²) < 4.78 is 5.36. The third-order valence-electron chi connectivity index (χ3n) is 3.39. The van der Waals surface area contributed by atoms with Gasteiger partial charge in [0.2, 0.25) is 5.91 Å². The van der Waals surface area contributed by atoms with E-state index in [4.69, 9.17) is 16.3 Å². The number of ether oxygens (including phenoxy) is 1. The Morgan fingerprint density at radius 1 is 1.14 bits per heavy atom. The fourth-order valence-electron chi connectivity index (χ4n) is 2.25. The Labute approximate surface area is 129 Å². The molecule has 2 rings (SSSR count). The molecule has 0 saturated carbocycles. The van der Waals surface area contributed by atoms with Gasteiger partial charge in [0.15, 0.2) is 0 Å². The second-order valence-corrected chi connectivity index (χ2v) is 5.29. The smallest absolute Gasteiger partial charge is 0.246 e. The van der Waals surface area contributed by atoms with E-state index in [2.05, 4.69) is 5.32 Å². The van der Waals surface area contributed by atoms with E-state index < -0.39 is 5.38 Å². The van der Waals surface area contributed by atoms with Gasteiger partial charge in [-0.3, -0.25) is 4.79 Å². The van der Waals surface area contributed by atoms with Crippen LogP contribution in [0.3, 0.4) is 0 Å². The molecule has 0 aromatic heterocycles. The second-order valence-electron chi connectivity index (χ2n) is 4.85. The normalized spacial score (nSPS) is 11.8. The highest BCUT2D eigenvalue weighted by Gasteiger charge is 2.19. The van der Waals surface area contributed by atoms with Gasteiger partial charge in [-0.2, -0.15) is 0 Å². The van der Waals surface area contributed by atoms with Crippen LogP contribution < -0.4 is 10.1 Å². The summed E-state index contributed by atoms with van der Waals surface area (Å²) in [6.45, 7) is 3.87. The number of benzene rings is 2. The van der Waals surface area contributed by atoms with Crippen molar-refractivity contribution in [2.75, 3.05) is 12.4 Å². The van der Waals surface area contributed by atoms with Gasteiger partial charge in [0.1, 0.15) is 11.1 Å². The molecular weight excluding hydrogens is 286 g/mol. The molecule has 110 valence electrons. The first-order valence-corrected chi connectivity index (χ1v) is 7.12. The molecule has 0 aliphatic heterocycles. The zero-order valence-corrected chi connectivity index (χ0v) is 13.1. The van der Waals surface area contributed by atoms with Crippen LogP contribution in [0, 0.1) is 13.8 Å². The van der Waals surface area contributed by atoms with Gasteiger partial charge in [0, 0.05) is 11.3 Å². The zero-order valence-electron chi connectivity index (χ0n) is 12.3. The number of carbonyl (C=O) groups excluding carboxylic acids is 1. The van der Waals surface area contributed by atoms with E-state index in [-0.39, 0.29) is 5.91 Å². The largest absolute Gasteiger partial charge is 0.496 e. The van der Waals surface area contributed by atoms with Crippen molar-refractivity contribution in [1.82, 2.24) is 0 Å². The Kier molecular flexibility index (Phi) is 4.86. The molecule has 4 heteroatoms. The van der Waals surface area contributed by atoms with Crippen LogP contribution in [0.15, 0.2) is 42.5 Å². The Morgan fingerprint density at radius 2 is 1.81 bits per heavy atom. The Bertz CT molecular complexity index is 641. The van der Waals surface area contributed by atoms with Gasteiger partial charge in [-0.15, -0.1) is 11.6 Å². The molecule has 0 radical (unpaired) electrons. The minimum absolute atomic E-state index is 0.253. The predicted octanol–water partition coefficient (Wildman–Crippen LogP) is 4.23. The molecule has 2 aromatic rings. The van der Waals surface area contributed by atoms with Gasteiger partial charge < -0.3 is 10.1 Å². The van der Waals surface area contributed by atoms with Crippen molar-refractivity contribution in [2.24, 2.45) is 0 Å². The number of methoxy groups -OCH3 is 1. The van der Waals surface area contributed by atoms with Crippen LogP contribution in [-0.4, -0.2) is 13.0 Å². The number of carbonyl (C=O) groups is 1. The summed E-state index contributed by atoms with van der Waals surface area (Å²) in [6.07, 6.45) is 0. The van der Waals surface area contributed by atoms with Crippen LogP contribution in [-0.2, 0) is 4.79 Å². The van der Waals surface area contributed by atoms with Crippen molar-refractivity contribution in [3.63, 3.8) is 0 Å². The lowest BCUT2D eigenvalue weighted by atomic mass is 10.1. The maximum absolute atomic E-state index is 12.3. The van der Waals surface area contributed by atoms with Crippen LogP contribution in [0.4, 0.5) is 5.69 Å². The maximum Gasteiger partial charge on any atom is 0.246 e. The van der Waals surface area contributed by atoms with Crippen LogP contribution >= 0.6 is 11.6 Å². The lowest BCUT2D eigenvalue weighted by Gasteiger charge is -2.16. The lowest BCUT2D eigenvalue weighted by molar-refractivity contribution is -0.116. The Balaban J connectivity index is 2.21. The molecule has 0 aliphatic rings. The van der Waals surface area contributed by atoms with Crippen LogP contribution in [0.1, 0.15) is 22.1 Å². The summed E-state index contributed by atoms with van der Waals surface area (Å²) in [5.74, 6) is 0.524. The van der Waals surface area contributed by atoms with E-state index in [1.165, 1.54) is 0 Å². The van der Waals surface area contributed by atoms with E-state index in [9.17, 15) is 4.79 Å². The minimum Gasteiger partial charge on any atom is -0.496 e. The third kappa shape index (κ3) is 3.37. The molecule has 0 fully saturated rings. The minimum atomic E-state index is -0.724. The molecular formula is C17H18ClNO2. The number of aryl methyl sites for hydroxylation is 1. The number of alkyl halides is 1. The van der Waals surface area contributed by atoms with Crippen LogP contribution in [0.25, 0.3) is 0 Å². The quantitative estimate of drug-likeness (QED) is 0.858. The fraction of sp³-hybridized carbons (Fsp3) is 0.235. The van der Waals surface area contributed by atoms with Gasteiger partial charge in [0.05, 0.1) is 7.11 Å².